The standard InChI is InChI=1S/C13H25N3O.2ClH/c1-16-8-5-12(6-9-16)15-13(17)3-2-11-4-7-14-10-11;;/h11-12,14H,2-10H2,1H3,(H,15,17);2*1H. The number of amides is 1. The molecule has 19 heavy (non-hydrogen) atoms. The Morgan fingerprint density at radius 1 is 1.26 bits per heavy atom. The summed E-state index contributed by atoms with van der Waals surface area (Å²) < 4.78 is 0. The summed E-state index contributed by atoms with van der Waals surface area (Å²) in [4.78, 5) is 14.1. The van der Waals surface area contributed by atoms with Gasteiger partial charge in [0.15, 0.2) is 0 Å². The summed E-state index contributed by atoms with van der Waals surface area (Å²) in [5, 5.41) is 6.52. The lowest BCUT2D eigenvalue weighted by Gasteiger charge is -2.29. The van der Waals surface area contributed by atoms with Gasteiger partial charge in [-0.15, -0.1) is 24.8 Å². The van der Waals surface area contributed by atoms with Gasteiger partial charge in [-0.3, -0.25) is 4.79 Å². The van der Waals surface area contributed by atoms with Crippen LogP contribution in [0.25, 0.3) is 0 Å². The molecule has 114 valence electrons. The maximum Gasteiger partial charge on any atom is 0.220 e. The first-order chi connectivity index (χ1) is 8.24. The van der Waals surface area contributed by atoms with Crippen molar-refractivity contribution in [2.75, 3.05) is 33.2 Å². The second-order valence-corrected chi connectivity index (χ2v) is 5.54. The zero-order valence-corrected chi connectivity index (χ0v) is 13.3. The number of carbonyl (C=O) groups is 1. The second-order valence-electron chi connectivity index (χ2n) is 5.54. The first kappa shape index (κ1) is 19.0. The zero-order valence-electron chi connectivity index (χ0n) is 11.7. The number of halogens is 2. The van der Waals surface area contributed by atoms with E-state index >= 15 is 0 Å². The number of hydrogen-bond acceptors (Lipinski definition) is 3. The van der Waals surface area contributed by atoms with Gasteiger partial charge in [-0.2, -0.15) is 0 Å². The van der Waals surface area contributed by atoms with Crippen molar-refractivity contribution in [1.29, 1.82) is 0 Å². The molecule has 0 radical (unpaired) electrons. The fraction of sp³-hybridized carbons (Fsp3) is 0.923. The average Bonchev–Trinajstić information content (AvgIpc) is 2.83. The van der Waals surface area contributed by atoms with Gasteiger partial charge in [-0.05, 0) is 64.8 Å². The molecule has 2 N–H and O–H groups in total. The molecule has 0 aliphatic carbocycles. The van der Waals surface area contributed by atoms with Crippen LogP contribution >= 0.6 is 24.8 Å². The summed E-state index contributed by atoms with van der Waals surface area (Å²) in [7, 11) is 2.14. The van der Waals surface area contributed by atoms with Crippen LogP contribution in [0.1, 0.15) is 32.1 Å². The van der Waals surface area contributed by atoms with E-state index in [1.54, 1.807) is 0 Å². The summed E-state index contributed by atoms with van der Waals surface area (Å²) in [6, 6.07) is 0.417. The minimum Gasteiger partial charge on any atom is -0.353 e. The monoisotopic (exact) mass is 311 g/mol. The summed E-state index contributed by atoms with van der Waals surface area (Å²) in [6.07, 6.45) is 5.20. The first-order valence-corrected chi connectivity index (χ1v) is 6.92. The smallest absolute Gasteiger partial charge is 0.220 e. The van der Waals surface area contributed by atoms with E-state index in [4.69, 9.17) is 0 Å². The molecule has 1 unspecified atom stereocenters. The minimum absolute atomic E-state index is 0. The van der Waals surface area contributed by atoms with Gasteiger partial charge in [0.2, 0.25) is 5.91 Å². The first-order valence-electron chi connectivity index (χ1n) is 6.92. The number of rotatable bonds is 4. The molecule has 4 nitrogen and oxygen atoms in total. The van der Waals surface area contributed by atoms with Crippen LogP contribution in [0.5, 0.6) is 0 Å². The molecule has 0 saturated carbocycles. The molecular weight excluding hydrogens is 285 g/mol. The Hall–Kier alpha value is -0.0300. The zero-order chi connectivity index (χ0) is 12.1. The van der Waals surface area contributed by atoms with E-state index in [0.29, 0.717) is 12.5 Å². The van der Waals surface area contributed by atoms with Gasteiger partial charge in [0.1, 0.15) is 0 Å². The molecule has 0 bridgehead atoms. The highest BCUT2D eigenvalue weighted by molar-refractivity contribution is 5.85. The van der Waals surface area contributed by atoms with Crippen LogP contribution in [0.15, 0.2) is 0 Å². The highest BCUT2D eigenvalue weighted by atomic mass is 35.5. The van der Waals surface area contributed by atoms with Gasteiger partial charge in [0, 0.05) is 12.5 Å². The summed E-state index contributed by atoms with van der Waals surface area (Å²) >= 11 is 0. The predicted molar refractivity (Wildman–Crippen MR) is 83.4 cm³/mol. The molecule has 0 aromatic rings. The second kappa shape index (κ2) is 9.81. The molecule has 2 aliphatic heterocycles. The van der Waals surface area contributed by atoms with Crippen LogP contribution in [-0.4, -0.2) is 50.1 Å². The molecular formula is C13H27Cl2N3O. The maximum atomic E-state index is 11.8. The Kier molecular flexibility index (Phi) is 9.79. The highest BCUT2D eigenvalue weighted by Gasteiger charge is 2.20. The molecule has 2 fully saturated rings. The van der Waals surface area contributed by atoms with Crippen molar-refractivity contribution in [2.45, 2.75) is 38.1 Å². The lowest BCUT2D eigenvalue weighted by molar-refractivity contribution is -0.122. The quantitative estimate of drug-likeness (QED) is 0.825. The molecule has 0 aromatic carbocycles. The SMILES string of the molecule is CN1CCC(NC(=O)CCC2CCNC2)CC1.Cl.Cl. The van der Waals surface area contributed by atoms with Crippen molar-refractivity contribution in [3.63, 3.8) is 0 Å². The van der Waals surface area contributed by atoms with Gasteiger partial charge >= 0.3 is 0 Å². The number of nitrogens with zero attached hydrogens (tertiary/aromatic N) is 1. The van der Waals surface area contributed by atoms with E-state index in [0.717, 1.165) is 51.4 Å². The molecule has 2 saturated heterocycles. The topological polar surface area (TPSA) is 44.4 Å². The Morgan fingerprint density at radius 3 is 2.53 bits per heavy atom. The Balaban J connectivity index is 0.00000162. The van der Waals surface area contributed by atoms with E-state index in [-0.39, 0.29) is 30.7 Å². The molecule has 2 heterocycles. The van der Waals surface area contributed by atoms with Crippen molar-refractivity contribution < 1.29 is 4.79 Å². The van der Waals surface area contributed by atoms with Gasteiger partial charge in [0.05, 0.1) is 0 Å². The Labute approximate surface area is 128 Å². The highest BCUT2D eigenvalue weighted by Crippen LogP contribution is 2.14. The normalized spacial score (nSPS) is 24.4. The van der Waals surface area contributed by atoms with Crippen molar-refractivity contribution in [2.24, 2.45) is 5.92 Å². The number of piperidine rings is 1. The van der Waals surface area contributed by atoms with Gasteiger partial charge in [0.25, 0.3) is 0 Å². The van der Waals surface area contributed by atoms with Crippen LogP contribution in [-0.2, 0) is 4.79 Å². The van der Waals surface area contributed by atoms with Crippen molar-refractivity contribution in [1.82, 2.24) is 15.5 Å². The number of likely N-dealkylation sites (tertiary alicyclic amines) is 1. The number of carbonyl (C=O) groups excluding carboxylic acids is 1. The fourth-order valence-electron chi connectivity index (χ4n) is 2.75. The van der Waals surface area contributed by atoms with E-state index in [1.807, 2.05) is 0 Å². The van der Waals surface area contributed by atoms with Crippen LogP contribution in [0.2, 0.25) is 0 Å². The molecule has 1 atom stereocenters. The van der Waals surface area contributed by atoms with Gasteiger partial charge < -0.3 is 15.5 Å². The van der Waals surface area contributed by atoms with E-state index < -0.39 is 0 Å². The third-order valence-electron chi connectivity index (χ3n) is 4.03. The van der Waals surface area contributed by atoms with Crippen LogP contribution in [0, 0.1) is 5.92 Å². The van der Waals surface area contributed by atoms with E-state index in [2.05, 4.69) is 22.6 Å². The van der Waals surface area contributed by atoms with Crippen LogP contribution in [0.4, 0.5) is 0 Å². The maximum absolute atomic E-state index is 11.8. The lowest BCUT2D eigenvalue weighted by atomic mass is 10.0. The van der Waals surface area contributed by atoms with Crippen molar-refractivity contribution >= 4 is 30.7 Å². The van der Waals surface area contributed by atoms with Crippen molar-refractivity contribution in [3.05, 3.63) is 0 Å². The molecule has 0 spiro atoms. The molecule has 6 heteroatoms. The average molecular weight is 312 g/mol. The van der Waals surface area contributed by atoms with Crippen LogP contribution < -0.4 is 10.6 Å². The molecule has 2 rings (SSSR count). The van der Waals surface area contributed by atoms with Crippen molar-refractivity contribution in [3.8, 4) is 0 Å². The predicted octanol–water partition coefficient (Wildman–Crippen LogP) is 1.43. The minimum atomic E-state index is 0. The summed E-state index contributed by atoms with van der Waals surface area (Å²) in [5.74, 6) is 0.977. The lowest BCUT2D eigenvalue weighted by Crippen LogP contribution is -2.43. The third kappa shape index (κ3) is 6.80. The number of hydrogen-bond donors (Lipinski definition) is 2. The Morgan fingerprint density at radius 2 is 1.95 bits per heavy atom. The largest absolute Gasteiger partial charge is 0.353 e. The van der Waals surface area contributed by atoms with Gasteiger partial charge in [-0.25, -0.2) is 0 Å². The summed E-state index contributed by atoms with van der Waals surface area (Å²) in [6.45, 7) is 4.44. The molecule has 0 aromatic heterocycles. The van der Waals surface area contributed by atoms with Gasteiger partial charge in [-0.1, -0.05) is 0 Å². The Bertz CT molecular complexity index is 252. The van der Waals surface area contributed by atoms with E-state index in [9.17, 15) is 4.79 Å². The fourth-order valence-corrected chi connectivity index (χ4v) is 2.75. The third-order valence-corrected chi connectivity index (χ3v) is 4.03. The van der Waals surface area contributed by atoms with Crippen LogP contribution in [0.3, 0.4) is 0 Å². The molecule has 1 amide bonds. The number of nitrogens with one attached hydrogen (secondary N) is 2. The van der Waals surface area contributed by atoms with E-state index in [1.165, 1.54) is 6.42 Å². The summed E-state index contributed by atoms with van der Waals surface area (Å²) in [5.41, 5.74) is 0. The molecule has 2 aliphatic rings.